The predicted molar refractivity (Wildman–Crippen MR) is 78.3 cm³/mol. The Morgan fingerprint density at radius 1 is 1.16 bits per heavy atom. The van der Waals surface area contributed by atoms with E-state index in [9.17, 15) is 5.11 Å². The Bertz CT molecular complexity index is 457. The van der Waals surface area contributed by atoms with Crippen molar-refractivity contribution in [2.75, 3.05) is 13.1 Å². The van der Waals surface area contributed by atoms with Crippen molar-refractivity contribution in [2.24, 2.45) is 11.8 Å². The van der Waals surface area contributed by atoms with Gasteiger partial charge in [-0.3, -0.25) is 4.90 Å². The third-order valence-electron chi connectivity index (χ3n) is 5.22. The summed E-state index contributed by atoms with van der Waals surface area (Å²) in [4.78, 5) is 2.65. The minimum atomic E-state index is 0.420. The maximum atomic E-state index is 9.78. The number of hydrogen-bond acceptors (Lipinski definition) is 2. The first-order valence-electron chi connectivity index (χ1n) is 7.71. The summed E-state index contributed by atoms with van der Waals surface area (Å²) in [5.41, 5.74) is 2.83. The van der Waals surface area contributed by atoms with Crippen LogP contribution >= 0.6 is 0 Å². The van der Waals surface area contributed by atoms with Crippen LogP contribution in [0.1, 0.15) is 50.3 Å². The minimum Gasteiger partial charge on any atom is -0.508 e. The van der Waals surface area contributed by atoms with Crippen molar-refractivity contribution >= 4 is 0 Å². The zero-order chi connectivity index (χ0) is 13.4. The molecule has 1 saturated heterocycles. The van der Waals surface area contributed by atoms with Crippen LogP contribution in [0.5, 0.6) is 5.75 Å². The van der Waals surface area contributed by atoms with Gasteiger partial charge in [0.05, 0.1) is 0 Å². The van der Waals surface area contributed by atoms with Crippen molar-refractivity contribution in [1.29, 1.82) is 0 Å². The molecule has 1 aromatic carbocycles. The zero-order valence-electron chi connectivity index (χ0n) is 12.1. The number of aryl methyl sites for hydroxylation is 1. The van der Waals surface area contributed by atoms with E-state index in [1.165, 1.54) is 49.9 Å². The first-order chi connectivity index (χ1) is 9.15. The fraction of sp³-hybridized carbons (Fsp3) is 0.647. The molecule has 2 heteroatoms. The van der Waals surface area contributed by atoms with Gasteiger partial charge < -0.3 is 5.11 Å². The molecule has 0 amide bonds. The number of hydrogen-bond donors (Lipinski definition) is 1. The van der Waals surface area contributed by atoms with E-state index in [0.29, 0.717) is 11.8 Å². The standard InChI is InChI=1S/C17H25NO/c1-12-8-9-18(11-13(12)2)17-5-3-4-14-6-7-15(19)10-16(14)17/h6-7,10,12-13,17,19H,3-5,8-9,11H2,1-2H3. The lowest BCUT2D eigenvalue weighted by molar-refractivity contribution is 0.0865. The molecule has 0 spiro atoms. The summed E-state index contributed by atoms with van der Waals surface area (Å²) in [5, 5.41) is 9.78. The largest absolute Gasteiger partial charge is 0.508 e. The number of nitrogens with zero attached hydrogens (tertiary/aromatic N) is 1. The fourth-order valence-corrected chi connectivity index (χ4v) is 3.72. The van der Waals surface area contributed by atoms with Crippen LogP contribution in [0, 0.1) is 11.8 Å². The van der Waals surface area contributed by atoms with Crippen molar-refractivity contribution in [3.8, 4) is 5.75 Å². The molecule has 1 aromatic rings. The van der Waals surface area contributed by atoms with Gasteiger partial charge in [0.25, 0.3) is 0 Å². The first kappa shape index (κ1) is 13.0. The van der Waals surface area contributed by atoms with Gasteiger partial charge in [0.2, 0.25) is 0 Å². The molecular weight excluding hydrogens is 234 g/mol. The summed E-state index contributed by atoms with van der Waals surface area (Å²) in [6, 6.07) is 6.49. The summed E-state index contributed by atoms with van der Waals surface area (Å²) in [5.74, 6) is 2.06. The molecule has 2 nitrogen and oxygen atoms in total. The number of rotatable bonds is 1. The lowest BCUT2D eigenvalue weighted by Crippen LogP contribution is -2.41. The maximum absolute atomic E-state index is 9.78. The second-order valence-electron chi connectivity index (χ2n) is 6.53. The van der Waals surface area contributed by atoms with Gasteiger partial charge in [0.15, 0.2) is 0 Å². The van der Waals surface area contributed by atoms with Gasteiger partial charge in [-0.25, -0.2) is 0 Å². The molecule has 3 unspecified atom stereocenters. The van der Waals surface area contributed by atoms with Gasteiger partial charge in [-0.15, -0.1) is 0 Å². The topological polar surface area (TPSA) is 23.5 Å². The molecule has 3 atom stereocenters. The van der Waals surface area contributed by atoms with E-state index in [0.717, 1.165) is 11.8 Å². The molecule has 19 heavy (non-hydrogen) atoms. The summed E-state index contributed by atoms with van der Waals surface area (Å²) >= 11 is 0. The smallest absolute Gasteiger partial charge is 0.115 e. The second kappa shape index (κ2) is 5.16. The van der Waals surface area contributed by atoms with Crippen LogP contribution < -0.4 is 0 Å². The lowest BCUT2D eigenvalue weighted by Gasteiger charge is -2.42. The van der Waals surface area contributed by atoms with E-state index in [-0.39, 0.29) is 0 Å². The maximum Gasteiger partial charge on any atom is 0.115 e. The Morgan fingerprint density at radius 2 is 2.00 bits per heavy atom. The Kier molecular flexibility index (Phi) is 3.53. The molecule has 0 aromatic heterocycles. The van der Waals surface area contributed by atoms with E-state index >= 15 is 0 Å². The third kappa shape index (κ3) is 2.51. The minimum absolute atomic E-state index is 0.420. The van der Waals surface area contributed by atoms with Gasteiger partial charge in [0, 0.05) is 12.6 Å². The number of phenols is 1. The number of phenolic OH excluding ortho intramolecular Hbond substituents is 1. The Hall–Kier alpha value is -1.02. The van der Waals surface area contributed by atoms with E-state index in [4.69, 9.17) is 0 Å². The molecule has 1 fully saturated rings. The van der Waals surface area contributed by atoms with Gasteiger partial charge in [-0.2, -0.15) is 0 Å². The fourth-order valence-electron chi connectivity index (χ4n) is 3.72. The number of likely N-dealkylation sites (tertiary alicyclic amines) is 1. The second-order valence-corrected chi connectivity index (χ2v) is 6.53. The number of benzene rings is 1. The normalized spacial score (nSPS) is 32.0. The van der Waals surface area contributed by atoms with Gasteiger partial charge in [-0.1, -0.05) is 19.9 Å². The summed E-state index contributed by atoms with van der Waals surface area (Å²) in [7, 11) is 0. The van der Waals surface area contributed by atoms with Crippen molar-refractivity contribution in [3.05, 3.63) is 29.3 Å². The van der Waals surface area contributed by atoms with E-state index in [1.807, 2.05) is 12.1 Å². The highest BCUT2D eigenvalue weighted by molar-refractivity contribution is 5.38. The molecule has 1 heterocycles. The SMILES string of the molecule is CC1CCN(C2CCCc3ccc(O)cc32)CC1C. The first-order valence-corrected chi connectivity index (χ1v) is 7.71. The van der Waals surface area contributed by atoms with Crippen LogP contribution in [0.15, 0.2) is 18.2 Å². The molecule has 1 N–H and O–H groups in total. The van der Waals surface area contributed by atoms with Gasteiger partial charge in [0.1, 0.15) is 5.75 Å². The third-order valence-corrected chi connectivity index (χ3v) is 5.22. The molecule has 3 rings (SSSR count). The Morgan fingerprint density at radius 3 is 2.79 bits per heavy atom. The van der Waals surface area contributed by atoms with Gasteiger partial charge >= 0.3 is 0 Å². The summed E-state index contributed by atoms with van der Waals surface area (Å²) in [6.45, 7) is 7.18. The van der Waals surface area contributed by atoms with Crippen molar-refractivity contribution in [1.82, 2.24) is 4.90 Å². The van der Waals surface area contributed by atoms with Crippen molar-refractivity contribution in [3.63, 3.8) is 0 Å². The van der Waals surface area contributed by atoms with E-state index < -0.39 is 0 Å². The summed E-state index contributed by atoms with van der Waals surface area (Å²) in [6.07, 6.45) is 5.01. The highest BCUT2D eigenvalue weighted by Crippen LogP contribution is 2.38. The van der Waals surface area contributed by atoms with Crippen LogP contribution in [0.3, 0.4) is 0 Å². The molecule has 2 aliphatic rings. The van der Waals surface area contributed by atoms with Crippen LogP contribution in [-0.2, 0) is 6.42 Å². The van der Waals surface area contributed by atoms with Crippen molar-refractivity contribution < 1.29 is 5.11 Å². The highest BCUT2D eigenvalue weighted by Gasteiger charge is 2.31. The molecule has 1 aliphatic carbocycles. The molecule has 104 valence electrons. The quantitative estimate of drug-likeness (QED) is 0.830. The van der Waals surface area contributed by atoms with E-state index in [1.54, 1.807) is 0 Å². The number of piperidine rings is 1. The molecular formula is C17H25NO. The molecule has 0 bridgehead atoms. The van der Waals surface area contributed by atoms with Crippen LogP contribution in [0.4, 0.5) is 0 Å². The summed E-state index contributed by atoms with van der Waals surface area (Å²) < 4.78 is 0. The Labute approximate surface area is 116 Å². The Balaban J connectivity index is 1.85. The van der Waals surface area contributed by atoms with Gasteiger partial charge in [-0.05, 0) is 67.3 Å². The molecule has 0 saturated carbocycles. The number of fused-ring (bicyclic) bond motifs is 1. The monoisotopic (exact) mass is 259 g/mol. The molecule has 0 radical (unpaired) electrons. The average molecular weight is 259 g/mol. The van der Waals surface area contributed by atoms with Crippen LogP contribution in [-0.4, -0.2) is 23.1 Å². The molecule has 1 aliphatic heterocycles. The predicted octanol–water partition coefficient (Wildman–Crippen LogP) is 3.75. The average Bonchev–Trinajstić information content (AvgIpc) is 2.41. The number of aromatic hydroxyl groups is 1. The zero-order valence-corrected chi connectivity index (χ0v) is 12.1. The van der Waals surface area contributed by atoms with Crippen molar-refractivity contribution in [2.45, 2.75) is 45.6 Å². The lowest BCUT2D eigenvalue weighted by atomic mass is 9.83. The highest BCUT2D eigenvalue weighted by atomic mass is 16.3. The van der Waals surface area contributed by atoms with Crippen LogP contribution in [0.2, 0.25) is 0 Å². The van der Waals surface area contributed by atoms with E-state index in [2.05, 4.69) is 24.8 Å². The van der Waals surface area contributed by atoms with Crippen LogP contribution in [0.25, 0.3) is 0 Å².